The highest BCUT2D eigenvalue weighted by molar-refractivity contribution is 5.92. The molecule has 0 bridgehead atoms. The molecule has 8 nitrogen and oxygen atoms in total. The van der Waals surface area contributed by atoms with Crippen molar-refractivity contribution in [3.8, 4) is 11.3 Å². The van der Waals surface area contributed by atoms with E-state index in [1.54, 1.807) is 11.1 Å². The fraction of sp³-hybridized carbons (Fsp3) is 0.350. The summed E-state index contributed by atoms with van der Waals surface area (Å²) < 4.78 is 11.2. The molecule has 28 heavy (non-hydrogen) atoms. The zero-order chi connectivity index (χ0) is 19.7. The van der Waals surface area contributed by atoms with Crippen LogP contribution in [0.15, 0.2) is 35.1 Å². The number of carbonyl (C=O) groups excluding carboxylic acids is 1. The molecule has 3 aromatic heterocycles. The van der Waals surface area contributed by atoms with Crippen LogP contribution in [0.1, 0.15) is 39.4 Å². The van der Waals surface area contributed by atoms with E-state index in [1.165, 1.54) is 6.20 Å². The minimum Gasteiger partial charge on any atom is -0.368 e. The van der Waals surface area contributed by atoms with Gasteiger partial charge in [-0.1, -0.05) is 11.2 Å². The summed E-state index contributed by atoms with van der Waals surface area (Å²) in [4.78, 5) is 27.6. The largest absolute Gasteiger partial charge is 0.368 e. The predicted octanol–water partition coefficient (Wildman–Crippen LogP) is 2.67. The van der Waals surface area contributed by atoms with Crippen LogP contribution in [0, 0.1) is 20.8 Å². The molecule has 1 aliphatic rings. The molecule has 4 heterocycles. The number of aromatic nitrogens is 4. The van der Waals surface area contributed by atoms with E-state index in [-0.39, 0.29) is 12.0 Å². The molecular weight excluding hydrogens is 358 g/mol. The minimum atomic E-state index is -0.309. The summed E-state index contributed by atoms with van der Waals surface area (Å²) in [6.07, 6.45) is 2.80. The quantitative estimate of drug-likeness (QED) is 0.690. The normalized spacial score (nSPS) is 17.0. The average molecular weight is 379 g/mol. The SMILES string of the molecule is Cc1cnc(C(=O)N2CCO[C@@H](c3cccc(-c4c(C)noc4C)n3)C2)cn1. The topological polar surface area (TPSA) is 94.2 Å². The number of nitrogens with zero attached hydrogens (tertiary/aromatic N) is 5. The molecule has 0 spiro atoms. The first kappa shape index (κ1) is 18.2. The highest BCUT2D eigenvalue weighted by Gasteiger charge is 2.28. The summed E-state index contributed by atoms with van der Waals surface area (Å²) in [6, 6.07) is 5.76. The first-order valence-electron chi connectivity index (χ1n) is 9.12. The molecule has 0 aromatic carbocycles. The summed E-state index contributed by atoms with van der Waals surface area (Å²) in [5.41, 5.74) is 4.34. The van der Waals surface area contributed by atoms with Gasteiger partial charge in [-0.05, 0) is 32.9 Å². The molecule has 0 aliphatic carbocycles. The number of carbonyl (C=O) groups is 1. The maximum atomic E-state index is 12.8. The van der Waals surface area contributed by atoms with Gasteiger partial charge in [-0.15, -0.1) is 0 Å². The molecule has 0 saturated carbocycles. The van der Waals surface area contributed by atoms with Crippen molar-refractivity contribution < 1.29 is 14.1 Å². The monoisotopic (exact) mass is 379 g/mol. The fourth-order valence-electron chi connectivity index (χ4n) is 3.30. The second kappa shape index (κ2) is 7.47. The molecule has 0 radical (unpaired) electrons. The van der Waals surface area contributed by atoms with E-state index in [2.05, 4.69) is 15.1 Å². The van der Waals surface area contributed by atoms with Crippen molar-refractivity contribution in [2.24, 2.45) is 0 Å². The summed E-state index contributed by atoms with van der Waals surface area (Å²) >= 11 is 0. The molecule has 0 unspecified atom stereocenters. The van der Waals surface area contributed by atoms with Crippen molar-refractivity contribution in [2.75, 3.05) is 19.7 Å². The zero-order valence-electron chi connectivity index (χ0n) is 16.0. The molecule has 1 aliphatic heterocycles. The molecule has 1 fully saturated rings. The summed E-state index contributed by atoms with van der Waals surface area (Å²) in [5.74, 6) is 0.573. The number of hydrogen-bond donors (Lipinski definition) is 0. The molecule has 0 N–H and O–H groups in total. The number of aryl methyl sites for hydroxylation is 3. The molecule has 8 heteroatoms. The van der Waals surface area contributed by atoms with Crippen molar-refractivity contribution in [1.29, 1.82) is 0 Å². The summed E-state index contributed by atoms with van der Waals surface area (Å²) in [7, 11) is 0. The van der Waals surface area contributed by atoms with Gasteiger partial charge in [0.1, 0.15) is 17.6 Å². The zero-order valence-corrected chi connectivity index (χ0v) is 16.0. The fourth-order valence-corrected chi connectivity index (χ4v) is 3.30. The van der Waals surface area contributed by atoms with Gasteiger partial charge in [-0.25, -0.2) is 9.97 Å². The molecule has 144 valence electrons. The van der Waals surface area contributed by atoms with Gasteiger partial charge in [0.2, 0.25) is 0 Å². The lowest BCUT2D eigenvalue weighted by atomic mass is 10.1. The van der Waals surface area contributed by atoms with Crippen molar-refractivity contribution in [1.82, 2.24) is 25.0 Å². The van der Waals surface area contributed by atoms with Crippen molar-refractivity contribution in [3.63, 3.8) is 0 Å². The van der Waals surface area contributed by atoms with Gasteiger partial charge in [0.25, 0.3) is 5.91 Å². The highest BCUT2D eigenvalue weighted by atomic mass is 16.5. The van der Waals surface area contributed by atoms with Gasteiger partial charge >= 0.3 is 0 Å². The average Bonchev–Trinajstić information content (AvgIpc) is 3.06. The second-order valence-corrected chi connectivity index (χ2v) is 6.80. The summed E-state index contributed by atoms with van der Waals surface area (Å²) in [6.45, 7) is 6.95. The van der Waals surface area contributed by atoms with Crippen molar-refractivity contribution >= 4 is 5.91 Å². The van der Waals surface area contributed by atoms with Crippen LogP contribution in [-0.4, -0.2) is 50.6 Å². The van der Waals surface area contributed by atoms with Crippen molar-refractivity contribution in [3.05, 3.63) is 59.1 Å². The number of hydrogen-bond acceptors (Lipinski definition) is 7. The van der Waals surface area contributed by atoms with Crippen LogP contribution in [0.25, 0.3) is 11.3 Å². The third-order valence-corrected chi connectivity index (χ3v) is 4.74. The first-order valence-corrected chi connectivity index (χ1v) is 9.12. The Morgan fingerprint density at radius 3 is 2.75 bits per heavy atom. The first-order chi connectivity index (χ1) is 13.5. The summed E-state index contributed by atoms with van der Waals surface area (Å²) in [5, 5.41) is 4.00. The molecule has 1 amide bonds. The van der Waals surface area contributed by atoms with Crippen LogP contribution in [0.5, 0.6) is 0 Å². The second-order valence-electron chi connectivity index (χ2n) is 6.80. The van der Waals surface area contributed by atoms with E-state index in [0.29, 0.717) is 25.4 Å². The molecular formula is C20H21N5O3. The third-order valence-electron chi connectivity index (χ3n) is 4.74. The van der Waals surface area contributed by atoms with Crippen LogP contribution in [-0.2, 0) is 4.74 Å². The lowest BCUT2D eigenvalue weighted by molar-refractivity contribution is -0.0248. The Hall–Kier alpha value is -3.13. The Balaban J connectivity index is 1.56. The minimum absolute atomic E-state index is 0.150. The molecule has 1 atom stereocenters. The maximum absolute atomic E-state index is 12.8. The third kappa shape index (κ3) is 3.50. The van der Waals surface area contributed by atoms with Crippen LogP contribution < -0.4 is 0 Å². The molecule has 3 aromatic rings. The van der Waals surface area contributed by atoms with Gasteiger partial charge in [0.05, 0.1) is 47.7 Å². The van der Waals surface area contributed by atoms with Crippen LogP contribution in [0.3, 0.4) is 0 Å². The Kier molecular flexibility index (Phi) is 4.87. The van der Waals surface area contributed by atoms with Gasteiger partial charge < -0.3 is 14.2 Å². The maximum Gasteiger partial charge on any atom is 0.274 e. The van der Waals surface area contributed by atoms with Crippen molar-refractivity contribution in [2.45, 2.75) is 26.9 Å². The number of morpholine rings is 1. The smallest absolute Gasteiger partial charge is 0.274 e. The Bertz CT molecular complexity index is 980. The van der Waals surface area contributed by atoms with Gasteiger partial charge in [0.15, 0.2) is 0 Å². The Labute approximate surface area is 162 Å². The highest BCUT2D eigenvalue weighted by Crippen LogP contribution is 2.28. The van der Waals surface area contributed by atoms with E-state index in [0.717, 1.165) is 34.1 Å². The Morgan fingerprint density at radius 2 is 2.04 bits per heavy atom. The number of pyridine rings is 1. The number of amides is 1. The predicted molar refractivity (Wildman–Crippen MR) is 101 cm³/mol. The number of ether oxygens (including phenoxy) is 1. The van der Waals surface area contributed by atoms with Gasteiger partial charge in [-0.3, -0.25) is 9.78 Å². The number of rotatable bonds is 3. The van der Waals surface area contributed by atoms with Crippen LogP contribution in [0.4, 0.5) is 0 Å². The van der Waals surface area contributed by atoms with Gasteiger partial charge in [0, 0.05) is 12.7 Å². The standard InChI is InChI=1S/C20H21N5O3/c1-12-9-22-17(10-21-12)20(26)25-7-8-27-18(11-25)15-5-4-6-16(23-15)19-13(2)24-28-14(19)3/h4-6,9-10,18H,7-8,11H2,1-3H3/t18-/m1/s1. The van der Waals surface area contributed by atoms with Crippen LogP contribution >= 0.6 is 0 Å². The van der Waals surface area contributed by atoms with Crippen LogP contribution in [0.2, 0.25) is 0 Å². The lowest BCUT2D eigenvalue weighted by Crippen LogP contribution is -2.42. The van der Waals surface area contributed by atoms with Gasteiger partial charge in [-0.2, -0.15) is 0 Å². The lowest BCUT2D eigenvalue weighted by Gasteiger charge is -2.32. The van der Waals surface area contributed by atoms with E-state index >= 15 is 0 Å². The van der Waals surface area contributed by atoms with E-state index in [4.69, 9.17) is 14.2 Å². The molecule has 1 saturated heterocycles. The Morgan fingerprint density at radius 1 is 1.18 bits per heavy atom. The molecule has 4 rings (SSSR count). The van der Waals surface area contributed by atoms with E-state index in [9.17, 15) is 4.79 Å². The van der Waals surface area contributed by atoms with E-state index < -0.39 is 0 Å². The van der Waals surface area contributed by atoms with E-state index in [1.807, 2.05) is 39.0 Å².